The first-order valence-corrected chi connectivity index (χ1v) is 8.63. The molecule has 1 aliphatic carbocycles. The first-order valence-electron chi connectivity index (χ1n) is 8.63. The van der Waals surface area contributed by atoms with Gasteiger partial charge >= 0.3 is 0 Å². The molecule has 130 valence electrons. The first-order chi connectivity index (χ1) is 12.2. The molecular formula is C17H20N6O2. The fraction of sp³-hybridized carbons (Fsp3) is 0.471. The van der Waals surface area contributed by atoms with Crippen LogP contribution in [0, 0.1) is 5.92 Å². The second-order valence-corrected chi connectivity index (χ2v) is 6.56. The molecule has 2 aromatic rings. The normalized spacial score (nSPS) is 20.2. The Morgan fingerprint density at radius 3 is 2.56 bits per heavy atom. The summed E-state index contributed by atoms with van der Waals surface area (Å²) in [7, 11) is 0. The Balaban J connectivity index is 1.53. The molecule has 2 fully saturated rings. The van der Waals surface area contributed by atoms with Gasteiger partial charge in [0, 0.05) is 18.8 Å². The maximum Gasteiger partial charge on any atom is 0.262 e. The van der Waals surface area contributed by atoms with E-state index < -0.39 is 0 Å². The van der Waals surface area contributed by atoms with Gasteiger partial charge in [0.25, 0.3) is 5.91 Å². The van der Waals surface area contributed by atoms with Crippen LogP contribution < -0.4 is 5.32 Å². The molecule has 4 rings (SSSR count). The molecule has 1 atom stereocenters. The molecule has 0 bridgehead atoms. The highest BCUT2D eigenvalue weighted by Crippen LogP contribution is 2.30. The summed E-state index contributed by atoms with van der Waals surface area (Å²) < 4.78 is 1.66. The maximum atomic E-state index is 12.9. The number of nitrogens with one attached hydrogen (secondary N) is 1. The lowest BCUT2D eigenvalue weighted by atomic mass is 9.97. The lowest BCUT2D eigenvalue weighted by molar-refractivity contribution is -0.133. The third-order valence-corrected chi connectivity index (χ3v) is 4.69. The number of piperidine rings is 1. The van der Waals surface area contributed by atoms with Crippen molar-refractivity contribution >= 4 is 11.8 Å². The van der Waals surface area contributed by atoms with Crippen LogP contribution in [0.2, 0.25) is 0 Å². The zero-order chi connectivity index (χ0) is 17.2. The van der Waals surface area contributed by atoms with E-state index in [1.807, 2.05) is 0 Å². The second-order valence-electron chi connectivity index (χ2n) is 6.56. The summed E-state index contributed by atoms with van der Waals surface area (Å²) in [5, 5.41) is 10.7. The second kappa shape index (κ2) is 6.72. The van der Waals surface area contributed by atoms with E-state index in [0.717, 1.165) is 32.2 Å². The fourth-order valence-electron chi connectivity index (χ4n) is 3.16. The van der Waals surface area contributed by atoms with Crippen LogP contribution in [0.1, 0.15) is 36.0 Å². The zero-order valence-electron chi connectivity index (χ0n) is 13.8. The van der Waals surface area contributed by atoms with Crippen LogP contribution in [-0.2, 0) is 4.79 Å². The number of carbonyl (C=O) groups is 2. The third kappa shape index (κ3) is 3.30. The van der Waals surface area contributed by atoms with Crippen molar-refractivity contribution < 1.29 is 9.59 Å². The van der Waals surface area contributed by atoms with Crippen molar-refractivity contribution in [3.8, 4) is 5.82 Å². The molecule has 8 heteroatoms. The summed E-state index contributed by atoms with van der Waals surface area (Å²) in [6.45, 7) is 1.59. The van der Waals surface area contributed by atoms with Crippen molar-refractivity contribution in [1.82, 2.24) is 30.0 Å². The Labute approximate surface area is 145 Å². The van der Waals surface area contributed by atoms with E-state index in [4.69, 9.17) is 0 Å². The molecule has 2 amide bonds. The lowest BCUT2D eigenvalue weighted by Gasteiger charge is -2.28. The Hall–Kier alpha value is -2.61. The van der Waals surface area contributed by atoms with Crippen LogP contribution in [0.15, 0.2) is 31.0 Å². The number of hydrogen-bond acceptors (Lipinski definition) is 6. The van der Waals surface area contributed by atoms with E-state index in [9.17, 15) is 9.59 Å². The SMILES string of the molecule is O=C(c1ccc(-n2cnnc2)nc1)N(C(=O)C1CCCNC1)C1CC1. The Morgan fingerprint density at radius 2 is 1.96 bits per heavy atom. The van der Waals surface area contributed by atoms with Gasteiger partial charge in [0.15, 0.2) is 0 Å². The van der Waals surface area contributed by atoms with E-state index in [0.29, 0.717) is 17.9 Å². The van der Waals surface area contributed by atoms with E-state index in [1.54, 1.807) is 29.4 Å². The number of hydrogen-bond donors (Lipinski definition) is 1. The van der Waals surface area contributed by atoms with Crippen LogP contribution in [0.3, 0.4) is 0 Å². The van der Waals surface area contributed by atoms with Crippen LogP contribution in [0.25, 0.3) is 5.82 Å². The molecule has 25 heavy (non-hydrogen) atoms. The average molecular weight is 340 g/mol. The number of nitrogens with zero attached hydrogens (tertiary/aromatic N) is 5. The van der Waals surface area contributed by atoms with Crippen molar-refractivity contribution in [2.75, 3.05) is 13.1 Å². The number of rotatable bonds is 4. The highest BCUT2D eigenvalue weighted by atomic mass is 16.2. The average Bonchev–Trinajstić information content (AvgIpc) is 3.34. The van der Waals surface area contributed by atoms with E-state index >= 15 is 0 Å². The van der Waals surface area contributed by atoms with Crippen molar-refractivity contribution in [1.29, 1.82) is 0 Å². The van der Waals surface area contributed by atoms with Gasteiger partial charge in [-0.1, -0.05) is 0 Å². The number of amides is 2. The highest BCUT2D eigenvalue weighted by Gasteiger charge is 2.40. The van der Waals surface area contributed by atoms with E-state index in [-0.39, 0.29) is 23.8 Å². The molecule has 1 N–H and O–H groups in total. The fourth-order valence-corrected chi connectivity index (χ4v) is 3.16. The monoisotopic (exact) mass is 340 g/mol. The van der Waals surface area contributed by atoms with Crippen LogP contribution in [0.4, 0.5) is 0 Å². The van der Waals surface area contributed by atoms with Gasteiger partial charge in [0.2, 0.25) is 5.91 Å². The van der Waals surface area contributed by atoms with Gasteiger partial charge in [-0.3, -0.25) is 19.1 Å². The Morgan fingerprint density at radius 1 is 1.16 bits per heavy atom. The van der Waals surface area contributed by atoms with Crippen molar-refractivity contribution in [3.63, 3.8) is 0 Å². The molecule has 1 unspecified atom stereocenters. The summed E-state index contributed by atoms with van der Waals surface area (Å²) in [5.41, 5.74) is 0.431. The predicted octanol–water partition coefficient (Wildman–Crippen LogP) is 0.793. The summed E-state index contributed by atoms with van der Waals surface area (Å²) in [4.78, 5) is 31.5. The van der Waals surface area contributed by atoms with Crippen LogP contribution in [-0.4, -0.2) is 55.6 Å². The zero-order valence-corrected chi connectivity index (χ0v) is 13.8. The van der Waals surface area contributed by atoms with E-state index in [2.05, 4.69) is 20.5 Å². The summed E-state index contributed by atoms with van der Waals surface area (Å²) >= 11 is 0. The topological polar surface area (TPSA) is 93.0 Å². The molecule has 0 spiro atoms. The first kappa shape index (κ1) is 15.9. The highest BCUT2D eigenvalue weighted by molar-refractivity contribution is 6.05. The van der Waals surface area contributed by atoms with Gasteiger partial charge in [0.1, 0.15) is 18.5 Å². The largest absolute Gasteiger partial charge is 0.316 e. The molecule has 1 saturated carbocycles. The minimum absolute atomic E-state index is 0.0412. The van der Waals surface area contributed by atoms with Crippen molar-refractivity contribution in [3.05, 3.63) is 36.5 Å². The Kier molecular flexibility index (Phi) is 4.27. The number of pyridine rings is 1. The van der Waals surface area contributed by atoms with Gasteiger partial charge in [-0.2, -0.15) is 0 Å². The minimum atomic E-state index is -0.249. The van der Waals surface area contributed by atoms with Gasteiger partial charge < -0.3 is 5.32 Å². The van der Waals surface area contributed by atoms with Gasteiger partial charge in [-0.15, -0.1) is 10.2 Å². The molecule has 2 aliphatic rings. The quantitative estimate of drug-likeness (QED) is 0.827. The third-order valence-electron chi connectivity index (χ3n) is 4.69. The minimum Gasteiger partial charge on any atom is -0.316 e. The lowest BCUT2D eigenvalue weighted by Crippen LogP contribution is -2.46. The smallest absolute Gasteiger partial charge is 0.262 e. The standard InChI is InChI=1S/C17H20N6O2/c24-16(12-2-1-7-18-8-12)23(14-4-5-14)17(25)13-3-6-15(19-9-13)22-10-20-21-11-22/h3,6,9-12,14,18H,1-2,4-5,7-8H2. The molecular weight excluding hydrogens is 320 g/mol. The molecule has 3 heterocycles. The van der Waals surface area contributed by atoms with Crippen LogP contribution >= 0.6 is 0 Å². The van der Waals surface area contributed by atoms with Gasteiger partial charge in [-0.05, 0) is 44.4 Å². The van der Waals surface area contributed by atoms with Crippen molar-refractivity contribution in [2.45, 2.75) is 31.7 Å². The van der Waals surface area contributed by atoms with Crippen molar-refractivity contribution in [2.24, 2.45) is 5.92 Å². The number of imide groups is 1. The van der Waals surface area contributed by atoms with E-state index in [1.165, 1.54) is 11.1 Å². The Bertz CT molecular complexity index is 748. The molecule has 1 saturated heterocycles. The van der Waals surface area contributed by atoms with Crippen LogP contribution in [0.5, 0.6) is 0 Å². The summed E-state index contributed by atoms with van der Waals surface area (Å²) in [6.07, 6.45) is 8.19. The molecule has 0 aromatic carbocycles. The summed E-state index contributed by atoms with van der Waals surface area (Å²) in [5.74, 6) is 0.216. The molecule has 0 radical (unpaired) electrons. The van der Waals surface area contributed by atoms with Gasteiger partial charge in [0.05, 0.1) is 11.5 Å². The summed E-state index contributed by atoms with van der Waals surface area (Å²) in [6, 6.07) is 3.47. The predicted molar refractivity (Wildman–Crippen MR) is 88.9 cm³/mol. The molecule has 1 aliphatic heterocycles. The number of aromatic nitrogens is 4. The molecule has 2 aromatic heterocycles. The maximum absolute atomic E-state index is 12.9. The number of carbonyl (C=O) groups excluding carboxylic acids is 2. The molecule has 8 nitrogen and oxygen atoms in total. The van der Waals surface area contributed by atoms with Gasteiger partial charge in [-0.25, -0.2) is 4.98 Å².